The molecule has 2 aliphatic heterocycles. The molecule has 2 saturated heterocycles. The highest BCUT2D eigenvalue weighted by Crippen LogP contribution is 2.30. The van der Waals surface area contributed by atoms with Crippen molar-refractivity contribution in [3.8, 4) is 0 Å². The second-order valence-corrected chi connectivity index (χ2v) is 22.9. The molecule has 0 radical (unpaired) electrons. The van der Waals surface area contributed by atoms with E-state index < -0.39 is 86.8 Å². The summed E-state index contributed by atoms with van der Waals surface area (Å²) in [5.41, 5.74) is 0. The Morgan fingerprint density at radius 1 is 0.456 bits per heavy atom. The highest BCUT2D eigenvalue weighted by atomic mass is 16.7. The Morgan fingerprint density at radius 2 is 0.848 bits per heavy atom. The number of carbonyl (C=O) groups is 1. The van der Waals surface area contributed by atoms with Crippen molar-refractivity contribution in [2.75, 3.05) is 19.8 Å². The number of rotatable bonds is 52. The zero-order chi connectivity index (χ0) is 57.4. The lowest BCUT2D eigenvalue weighted by molar-refractivity contribution is -0.359. The highest BCUT2D eigenvalue weighted by molar-refractivity contribution is 5.76. The Kier molecular flexibility index (Phi) is 46.7. The Labute approximate surface area is 480 Å². The van der Waals surface area contributed by atoms with E-state index >= 15 is 0 Å². The molecule has 12 atom stereocenters. The molecule has 0 aliphatic carbocycles. The minimum Gasteiger partial charge on any atom is -0.394 e. The molecular formula is C65H119NO13. The number of aliphatic hydroxyl groups excluding tert-OH is 8. The van der Waals surface area contributed by atoms with Crippen molar-refractivity contribution in [1.29, 1.82) is 0 Å². The van der Waals surface area contributed by atoms with Crippen molar-refractivity contribution in [2.24, 2.45) is 0 Å². The van der Waals surface area contributed by atoms with E-state index in [9.17, 15) is 45.6 Å². The number of nitrogens with one attached hydrogen (secondary N) is 1. The molecule has 79 heavy (non-hydrogen) atoms. The fourth-order valence-corrected chi connectivity index (χ4v) is 10.5. The lowest BCUT2D eigenvalue weighted by atomic mass is 9.97. The fourth-order valence-electron chi connectivity index (χ4n) is 10.5. The number of carbonyl (C=O) groups excluding carboxylic acids is 1. The van der Waals surface area contributed by atoms with Crippen LogP contribution in [0.15, 0.2) is 48.6 Å². The Balaban J connectivity index is 1.70. The van der Waals surface area contributed by atoms with E-state index in [1.165, 1.54) is 173 Å². The second-order valence-electron chi connectivity index (χ2n) is 22.9. The first kappa shape index (κ1) is 73.1. The van der Waals surface area contributed by atoms with E-state index in [1.54, 1.807) is 6.08 Å². The van der Waals surface area contributed by atoms with E-state index in [0.717, 1.165) is 57.8 Å². The van der Waals surface area contributed by atoms with Crippen LogP contribution in [0, 0.1) is 0 Å². The summed E-state index contributed by atoms with van der Waals surface area (Å²) in [5, 5.41) is 87.1. The van der Waals surface area contributed by atoms with Crippen LogP contribution < -0.4 is 5.32 Å². The molecule has 12 unspecified atom stereocenters. The minimum atomic E-state index is -1.79. The lowest BCUT2D eigenvalue weighted by Crippen LogP contribution is -2.65. The van der Waals surface area contributed by atoms with Crippen LogP contribution in [-0.2, 0) is 23.7 Å². The maximum atomic E-state index is 13.2. The average molecular weight is 1120 g/mol. The molecule has 2 heterocycles. The van der Waals surface area contributed by atoms with Crippen LogP contribution in [0.25, 0.3) is 0 Å². The van der Waals surface area contributed by atoms with Crippen LogP contribution in [-0.4, -0.2) is 140 Å². The first-order valence-electron chi connectivity index (χ1n) is 32.4. The van der Waals surface area contributed by atoms with Crippen molar-refractivity contribution in [3.05, 3.63) is 48.6 Å². The van der Waals surface area contributed by atoms with Gasteiger partial charge in [0.1, 0.15) is 48.8 Å². The number of hydrogen-bond acceptors (Lipinski definition) is 13. The van der Waals surface area contributed by atoms with Gasteiger partial charge in [-0.2, -0.15) is 0 Å². The van der Waals surface area contributed by atoms with Crippen LogP contribution in [0.2, 0.25) is 0 Å². The van der Waals surface area contributed by atoms with Gasteiger partial charge in [0.15, 0.2) is 12.6 Å². The van der Waals surface area contributed by atoms with E-state index in [2.05, 4.69) is 55.6 Å². The predicted octanol–water partition coefficient (Wildman–Crippen LogP) is 12.0. The lowest BCUT2D eigenvalue weighted by Gasteiger charge is -2.46. The third-order valence-corrected chi connectivity index (χ3v) is 15.7. The topological polar surface area (TPSA) is 228 Å². The van der Waals surface area contributed by atoms with Crippen LogP contribution in [0.5, 0.6) is 0 Å². The molecule has 0 aromatic carbocycles. The van der Waals surface area contributed by atoms with Gasteiger partial charge >= 0.3 is 0 Å². The fraction of sp³-hybridized carbons (Fsp3) is 0.862. The van der Waals surface area contributed by atoms with Crippen molar-refractivity contribution >= 4 is 5.91 Å². The maximum Gasteiger partial charge on any atom is 0.220 e. The number of unbranched alkanes of at least 4 members (excludes halogenated alkanes) is 33. The van der Waals surface area contributed by atoms with E-state index in [0.29, 0.717) is 12.8 Å². The molecule has 462 valence electrons. The molecule has 2 aliphatic rings. The smallest absolute Gasteiger partial charge is 0.220 e. The summed E-state index contributed by atoms with van der Waals surface area (Å²) in [5.74, 6) is -0.262. The van der Waals surface area contributed by atoms with Gasteiger partial charge in [-0.3, -0.25) is 4.79 Å². The van der Waals surface area contributed by atoms with Gasteiger partial charge in [0.25, 0.3) is 0 Å². The maximum absolute atomic E-state index is 13.2. The average Bonchev–Trinajstić information content (AvgIpc) is 3.47. The molecule has 0 bridgehead atoms. The van der Waals surface area contributed by atoms with Gasteiger partial charge in [0, 0.05) is 6.42 Å². The standard InChI is InChI=1S/C65H119NO13/c1-3-5-7-9-11-13-15-17-19-20-21-22-23-24-25-26-27-28-29-30-31-32-33-35-36-38-40-42-44-46-48-54(69)53(66-57(70)49-47-45-43-41-39-37-34-18-16-14-12-10-8-6-4-2)52-76-64-62(75)60(73)63(56(51-68)78-64)79-65-61(74)59(72)58(71)55(50-67)77-65/h12,14,18,34,38,40,46,48,53-56,58-65,67-69,71-75H,3-11,13,15-17,19-33,35-37,39,41-45,47,49-52H2,1-2H3,(H,66,70)/b14-12-,34-18-,40-38+,48-46+. The summed E-state index contributed by atoms with van der Waals surface area (Å²) in [6.07, 6.45) is 47.5. The first-order valence-corrected chi connectivity index (χ1v) is 32.4. The van der Waals surface area contributed by atoms with Crippen LogP contribution in [0.1, 0.15) is 264 Å². The molecule has 0 aromatic heterocycles. The van der Waals surface area contributed by atoms with Gasteiger partial charge in [0.2, 0.25) is 5.91 Å². The minimum absolute atomic E-state index is 0.257. The third-order valence-electron chi connectivity index (χ3n) is 15.7. The number of ether oxygens (including phenoxy) is 4. The molecule has 2 fully saturated rings. The van der Waals surface area contributed by atoms with Crippen molar-refractivity contribution < 1.29 is 64.6 Å². The molecule has 9 N–H and O–H groups in total. The molecular weight excluding hydrogens is 1000 g/mol. The van der Waals surface area contributed by atoms with Gasteiger partial charge in [-0.15, -0.1) is 0 Å². The zero-order valence-corrected chi connectivity index (χ0v) is 49.9. The third kappa shape index (κ3) is 35.6. The summed E-state index contributed by atoms with van der Waals surface area (Å²) in [6, 6.07) is -0.940. The van der Waals surface area contributed by atoms with E-state index in [4.69, 9.17) is 18.9 Å². The van der Waals surface area contributed by atoms with Crippen molar-refractivity contribution in [3.63, 3.8) is 0 Å². The van der Waals surface area contributed by atoms with Crippen molar-refractivity contribution in [1.82, 2.24) is 5.32 Å². The largest absolute Gasteiger partial charge is 0.394 e. The molecule has 0 spiro atoms. The van der Waals surface area contributed by atoms with Crippen LogP contribution in [0.3, 0.4) is 0 Å². The summed E-state index contributed by atoms with van der Waals surface area (Å²) >= 11 is 0. The zero-order valence-electron chi connectivity index (χ0n) is 49.9. The summed E-state index contributed by atoms with van der Waals surface area (Å²) in [7, 11) is 0. The van der Waals surface area contributed by atoms with Gasteiger partial charge < -0.3 is 65.1 Å². The van der Waals surface area contributed by atoms with Gasteiger partial charge in [-0.25, -0.2) is 0 Å². The van der Waals surface area contributed by atoms with Crippen LogP contribution in [0.4, 0.5) is 0 Å². The Hall–Kier alpha value is -2.05. The summed E-state index contributed by atoms with van der Waals surface area (Å²) in [6.45, 7) is 2.76. The number of hydrogen-bond donors (Lipinski definition) is 9. The molecule has 0 saturated carbocycles. The first-order chi connectivity index (χ1) is 38.6. The van der Waals surface area contributed by atoms with E-state index in [-0.39, 0.29) is 18.9 Å². The molecule has 2 rings (SSSR count). The van der Waals surface area contributed by atoms with Gasteiger partial charge in [0.05, 0.1) is 32.0 Å². The summed E-state index contributed by atoms with van der Waals surface area (Å²) < 4.78 is 22.8. The summed E-state index contributed by atoms with van der Waals surface area (Å²) in [4.78, 5) is 13.2. The van der Waals surface area contributed by atoms with Crippen LogP contribution >= 0.6 is 0 Å². The number of amides is 1. The number of allylic oxidation sites excluding steroid dienone is 7. The van der Waals surface area contributed by atoms with Gasteiger partial charge in [-0.05, 0) is 64.2 Å². The quantitative estimate of drug-likeness (QED) is 0.0204. The normalized spacial score (nSPS) is 24.7. The molecule has 14 nitrogen and oxygen atoms in total. The molecule has 0 aromatic rings. The second kappa shape index (κ2) is 50.5. The molecule has 14 heteroatoms. The van der Waals surface area contributed by atoms with Gasteiger partial charge in [-0.1, -0.05) is 242 Å². The predicted molar refractivity (Wildman–Crippen MR) is 318 cm³/mol. The van der Waals surface area contributed by atoms with E-state index in [1.807, 2.05) is 6.08 Å². The molecule has 1 amide bonds. The van der Waals surface area contributed by atoms with Crippen molar-refractivity contribution in [2.45, 2.75) is 338 Å². The Morgan fingerprint density at radius 3 is 1.34 bits per heavy atom. The highest BCUT2D eigenvalue weighted by Gasteiger charge is 2.51. The Bertz CT molecular complexity index is 1510. The SMILES string of the molecule is CCCCC/C=C\C/C=C\CCCCCCCC(=O)NC(COC1OC(CO)C(OC2OC(CO)C(O)C(O)C2O)C(O)C1O)C(O)/C=C/CC/C=C/CCCCCCCCCCCCCCCCCCCCCCCCCC. The monoisotopic (exact) mass is 1120 g/mol. The number of aliphatic hydroxyl groups is 8.